The molecule has 0 fully saturated rings. The normalized spacial score (nSPS) is 14.9. The molecule has 0 radical (unpaired) electrons. The Labute approximate surface area is 163 Å². The molecule has 2 nitrogen and oxygen atoms in total. The Kier molecular flexibility index (Phi) is 5.27. The van der Waals surface area contributed by atoms with Crippen molar-refractivity contribution in [2.45, 2.75) is 53.7 Å². The molecule has 0 aliphatic carbocycles. The lowest BCUT2D eigenvalue weighted by atomic mass is 9.66. The number of carbonyl (C=O) groups is 1. The number of benzene rings is 2. The molecule has 0 bridgehead atoms. The van der Waals surface area contributed by atoms with Crippen LogP contribution in [-0.4, -0.2) is 11.1 Å². The van der Waals surface area contributed by atoms with Crippen molar-refractivity contribution in [2.24, 2.45) is 10.8 Å². The van der Waals surface area contributed by atoms with Gasteiger partial charge in [0.1, 0.15) is 5.41 Å². The number of allylic oxidation sites excluding steroid dienone is 1. The van der Waals surface area contributed by atoms with E-state index in [1.54, 1.807) is 0 Å². The number of rotatable bonds is 5. The van der Waals surface area contributed by atoms with Gasteiger partial charge < -0.3 is 5.11 Å². The predicted molar refractivity (Wildman–Crippen MR) is 110 cm³/mol. The van der Waals surface area contributed by atoms with Gasteiger partial charge in [0.2, 0.25) is 0 Å². The summed E-state index contributed by atoms with van der Waals surface area (Å²) in [5.74, 6) is -0.747. The van der Waals surface area contributed by atoms with Crippen molar-refractivity contribution >= 4 is 28.6 Å². The van der Waals surface area contributed by atoms with Crippen molar-refractivity contribution in [3.8, 4) is 0 Å². The molecule has 4 heteroatoms. The van der Waals surface area contributed by atoms with Crippen molar-refractivity contribution in [1.82, 2.24) is 0 Å². The van der Waals surface area contributed by atoms with Crippen LogP contribution in [0, 0.1) is 10.8 Å². The van der Waals surface area contributed by atoms with E-state index in [0.717, 1.165) is 6.42 Å². The molecule has 1 heterocycles. The predicted octanol–water partition coefficient (Wildman–Crippen LogP) is 6.23. The topological polar surface area (TPSA) is 37.3 Å². The van der Waals surface area contributed by atoms with Gasteiger partial charge in [-0.1, -0.05) is 49.9 Å². The third-order valence-corrected chi connectivity index (χ3v) is 9.01. The second-order valence-corrected chi connectivity index (χ2v) is 10.6. The van der Waals surface area contributed by atoms with E-state index < -0.39 is 11.4 Å². The van der Waals surface area contributed by atoms with E-state index in [2.05, 4.69) is 60.0 Å². The van der Waals surface area contributed by atoms with Crippen LogP contribution in [0.5, 0.6) is 0 Å². The van der Waals surface area contributed by atoms with Gasteiger partial charge in [-0.05, 0) is 56.0 Å². The molecule has 0 saturated carbocycles. The Bertz CT molecular complexity index is 807. The summed E-state index contributed by atoms with van der Waals surface area (Å²) in [6.07, 6.45) is 2.91. The maximum absolute atomic E-state index is 11.6. The van der Waals surface area contributed by atoms with Crippen molar-refractivity contribution in [2.75, 3.05) is 0 Å². The van der Waals surface area contributed by atoms with Crippen LogP contribution in [0.2, 0.25) is 0 Å². The maximum atomic E-state index is 11.6. The summed E-state index contributed by atoms with van der Waals surface area (Å²) in [7, 11) is -0.116. The van der Waals surface area contributed by atoms with Crippen LogP contribution in [0.4, 0.5) is 0 Å². The van der Waals surface area contributed by atoms with E-state index in [-0.39, 0.29) is 16.3 Å². The van der Waals surface area contributed by atoms with E-state index in [1.807, 2.05) is 39.5 Å². The van der Waals surface area contributed by atoms with E-state index in [0.29, 0.717) is 0 Å². The molecule has 0 aromatic heterocycles. The van der Waals surface area contributed by atoms with Crippen molar-refractivity contribution in [1.29, 1.82) is 0 Å². The van der Waals surface area contributed by atoms with Gasteiger partial charge in [0.15, 0.2) is 9.79 Å². The highest BCUT2D eigenvalue weighted by atomic mass is 32.2. The Morgan fingerprint density at radius 1 is 1.00 bits per heavy atom. The fourth-order valence-corrected chi connectivity index (χ4v) is 6.29. The lowest BCUT2D eigenvalue weighted by molar-refractivity contribution is -0.153. The van der Waals surface area contributed by atoms with Gasteiger partial charge in [0, 0.05) is 0 Å². The van der Waals surface area contributed by atoms with Gasteiger partial charge in [0.25, 0.3) is 0 Å². The van der Waals surface area contributed by atoms with Crippen LogP contribution in [0.3, 0.4) is 0 Å². The van der Waals surface area contributed by atoms with Crippen LogP contribution in [-0.2, 0) is 15.7 Å². The van der Waals surface area contributed by atoms with Crippen LogP contribution >= 0.6 is 11.8 Å². The quantitative estimate of drug-likeness (QED) is 0.620. The first-order valence-corrected chi connectivity index (χ1v) is 10.8. The van der Waals surface area contributed by atoms with E-state index >= 15 is 0 Å². The molecule has 1 N–H and O–H groups in total. The molecule has 1 aliphatic rings. The van der Waals surface area contributed by atoms with Gasteiger partial charge >= 0.3 is 5.97 Å². The highest BCUT2D eigenvalue weighted by molar-refractivity contribution is 8.05. The van der Waals surface area contributed by atoms with E-state index in [1.165, 1.54) is 19.6 Å². The van der Waals surface area contributed by atoms with Crippen LogP contribution in [0.25, 0.3) is 0 Å². The van der Waals surface area contributed by atoms with Crippen LogP contribution in [0.15, 0.2) is 79.6 Å². The van der Waals surface area contributed by atoms with Gasteiger partial charge in [0.05, 0.1) is 26.1 Å². The fraction of sp³-hybridized carbons (Fsp3) is 0.318. The number of carboxylic acids is 1. The zero-order chi connectivity index (χ0) is 18.9. The fourth-order valence-electron chi connectivity index (χ4n) is 2.80. The minimum absolute atomic E-state index is 0.116. The van der Waals surface area contributed by atoms with Gasteiger partial charge in [-0.25, -0.2) is 0 Å². The molecule has 0 saturated heterocycles. The molecular formula is C22H25O2S2+. The molecule has 0 amide bonds. The van der Waals surface area contributed by atoms with Gasteiger partial charge in [-0.2, -0.15) is 0 Å². The van der Waals surface area contributed by atoms with E-state index in [4.69, 9.17) is 0 Å². The minimum atomic E-state index is -0.779. The molecule has 0 unspecified atom stereocenters. The molecule has 26 heavy (non-hydrogen) atoms. The van der Waals surface area contributed by atoms with Crippen molar-refractivity contribution in [3.05, 3.63) is 60.0 Å². The summed E-state index contributed by atoms with van der Waals surface area (Å²) in [4.78, 5) is 17.0. The molecule has 2 aromatic rings. The van der Waals surface area contributed by atoms with Crippen LogP contribution < -0.4 is 0 Å². The SMILES string of the molecule is CC(C)(C/C=C/[S+]1c2ccccc2Sc2ccccc21)C(C)(C)C(=O)O. The summed E-state index contributed by atoms with van der Waals surface area (Å²) in [5.41, 5.74) is -1.11. The average Bonchev–Trinajstić information content (AvgIpc) is 2.60. The molecule has 0 atom stereocenters. The first kappa shape index (κ1) is 19.1. The third kappa shape index (κ3) is 3.45. The Morgan fingerprint density at radius 2 is 1.50 bits per heavy atom. The molecule has 3 rings (SSSR count). The Morgan fingerprint density at radius 3 is 2.00 bits per heavy atom. The van der Waals surface area contributed by atoms with Crippen LogP contribution in [0.1, 0.15) is 34.1 Å². The lowest BCUT2D eigenvalue weighted by Gasteiger charge is -2.37. The Balaban J connectivity index is 1.91. The number of hydrogen-bond donors (Lipinski definition) is 1. The lowest BCUT2D eigenvalue weighted by Crippen LogP contribution is -2.39. The van der Waals surface area contributed by atoms with E-state index in [9.17, 15) is 9.90 Å². The summed E-state index contributed by atoms with van der Waals surface area (Å²) < 4.78 is 0. The molecule has 136 valence electrons. The summed E-state index contributed by atoms with van der Waals surface area (Å²) in [5, 5.41) is 11.8. The molecular weight excluding hydrogens is 360 g/mol. The largest absolute Gasteiger partial charge is 0.481 e. The first-order valence-electron chi connectivity index (χ1n) is 8.73. The Hall–Kier alpha value is -1.65. The number of fused-ring (bicyclic) bond motifs is 2. The highest BCUT2D eigenvalue weighted by Gasteiger charge is 2.43. The number of carboxylic acid groups (broad SMARTS) is 1. The molecule has 1 aliphatic heterocycles. The monoisotopic (exact) mass is 385 g/mol. The summed E-state index contributed by atoms with van der Waals surface area (Å²) >= 11 is 1.83. The summed E-state index contributed by atoms with van der Waals surface area (Å²) in [6, 6.07) is 17.1. The first-order chi connectivity index (χ1) is 12.2. The smallest absolute Gasteiger partial charge is 0.309 e. The second-order valence-electron chi connectivity index (χ2n) is 7.72. The standard InChI is InChI=1S/C22H24O2S2/c1-21(2,22(3,4)20(23)24)14-9-15-26-18-12-7-5-10-16(18)25-17-11-6-8-13-19(17)26/h5-13,15H,14H2,1-4H3/p+1/b15-9+. The zero-order valence-corrected chi connectivity index (χ0v) is 17.3. The maximum Gasteiger partial charge on any atom is 0.309 e. The molecule has 2 aromatic carbocycles. The number of hydrogen-bond acceptors (Lipinski definition) is 2. The molecule has 0 spiro atoms. The second kappa shape index (κ2) is 7.16. The number of aliphatic carboxylic acids is 1. The summed E-state index contributed by atoms with van der Waals surface area (Å²) in [6.45, 7) is 7.70. The highest BCUT2D eigenvalue weighted by Crippen LogP contribution is 2.46. The van der Waals surface area contributed by atoms with Crippen molar-refractivity contribution < 1.29 is 9.90 Å². The average molecular weight is 386 g/mol. The minimum Gasteiger partial charge on any atom is -0.481 e. The van der Waals surface area contributed by atoms with Crippen molar-refractivity contribution in [3.63, 3.8) is 0 Å². The van der Waals surface area contributed by atoms with Gasteiger partial charge in [-0.3, -0.25) is 4.79 Å². The zero-order valence-electron chi connectivity index (χ0n) is 15.7. The van der Waals surface area contributed by atoms with Gasteiger partial charge in [-0.15, -0.1) is 0 Å². The third-order valence-electron chi connectivity index (χ3n) is 5.48.